The lowest BCUT2D eigenvalue weighted by Gasteiger charge is -2.33. The van der Waals surface area contributed by atoms with Gasteiger partial charge in [-0.3, -0.25) is 23.3 Å². The fraction of sp³-hybridized carbons (Fsp3) is 0.500. The number of rotatable bonds is 6. The molecule has 0 spiro atoms. The van der Waals surface area contributed by atoms with Gasteiger partial charge in [-0.2, -0.15) is 4.98 Å². The Morgan fingerprint density at radius 3 is 2.71 bits per heavy atom. The Kier molecular flexibility index (Phi) is 7.02. The van der Waals surface area contributed by atoms with E-state index in [-0.39, 0.29) is 46.2 Å². The molecule has 2 unspecified atom stereocenters. The molecule has 4 rings (SSSR count). The molecule has 35 heavy (non-hydrogen) atoms. The molecule has 0 bridgehead atoms. The summed E-state index contributed by atoms with van der Waals surface area (Å²) in [6.45, 7) is 4.93. The zero-order valence-corrected chi connectivity index (χ0v) is 21.1. The Balaban J connectivity index is 1.84. The van der Waals surface area contributed by atoms with Crippen molar-refractivity contribution in [1.82, 2.24) is 24.0 Å². The highest BCUT2D eigenvalue weighted by atomic mass is 35.5. The van der Waals surface area contributed by atoms with Crippen molar-refractivity contribution in [2.75, 3.05) is 18.0 Å². The number of imidazole rings is 1. The van der Waals surface area contributed by atoms with Crippen molar-refractivity contribution >= 4 is 34.6 Å². The standard InChI is InChI=1S/C24H30ClFN6O3/c1-5-14(2)27-21(33)15-8-7-11-31(12-15)23-28-20-19(22(34)30(4)24(35)29(20)3)32(23)13-16-17(25)9-6-10-18(16)26/h6,9-10,14-15H,5,7-8,11-13H2,1-4H3,(H,27,33). The molecule has 1 N–H and O–H groups in total. The maximum Gasteiger partial charge on any atom is 0.332 e. The SMILES string of the molecule is CCC(C)NC(=O)C1CCCN(c2nc3c(c(=O)n(C)c(=O)n3C)n2Cc2c(F)cccc2Cl)C1. The number of nitrogens with one attached hydrogen (secondary N) is 1. The zero-order valence-electron chi connectivity index (χ0n) is 20.3. The third-order valence-corrected chi connectivity index (χ3v) is 7.14. The van der Waals surface area contributed by atoms with Crippen LogP contribution in [0.4, 0.5) is 10.3 Å². The summed E-state index contributed by atoms with van der Waals surface area (Å²) in [6, 6.07) is 4.48. The van der Waals surface area contributed by atoms with Gasteiger partial charge in [0.1, 0.15) is 5.82 Å². The molecule has 1 fully saturated rings. The first-order valence-corrected chi connectivity index (χ1v) is 12.2. The molecule has 188 valence electrons. The van der Waals surface area contributed by atoms with Gasteiger partial charge in [0.05, 0.1) is 12.5 Å². The average Bonchev–Trinajstić information content (AvgIpc) is 3.23. The number of nitrogens with zero attached hydrogens (tertiary/aromatic N) is 5. The van der Waals surface area contributed by atoms with Crippen LogP contribution in [0.2, 0.25) is 5.02 Å². The molecular formula is C24H30ClFN6O3. The molecule has 3 aromatic rings. The van der Waals surface area contributed by atoms with E-state index in [0.717, 1.165) is 23.8 Å². The van der Waals surface area contributed by atoms with Gasteiger partial charge in [-0.1, -0.05) is 24.6 Å². The van der Waals surface area contributed by atoms with Crippen molar-refractivity contribution in [2.45, 2.75) is 45.7 Å². The molecule has 9 nitrogen and oxygen atoms in total. The molecule has 0 saturated carbocycles. The van der Waals surface area contributed by atoms with Crippen molar-refractivity contribution in [2.24, 2.45) is 20.0 Å². The van der Waals surface area contributed by atoms with Crippen molar-refractivity contribution in [3.63, 3.8) is 0 Å². The van der Waals surface area contributed by atoms with Crippen LogP contribution in [0.1, 0.15) is 38.7 Å². The van der Waals surface area contributed by atoms with Gasteiger partial charge in [-0.05, 0) is 38.3 Å². The van der Waals surface area contributed by atoms with E-state index in [1.807, 2.05) is 18.7 Å². The van der Waals surface area contributed by atoms with Gasteiger partial charge in [0.15, 0.2) is 11.2 Å². The molecule has 0 radical (unpaired) electrons. The van der Waals surface area contributed by atoms with Crippen LogP contribution in [-0.2, 0) is 25.4 Å². The summed E-state index contributed by atoms with van der Waals surface area (Å²) in [5.74, 6) is -0.378. The Bertz CT molecular complexity index is 1370. The molecule has 1 aromatic carbocycles. The van der Waals surface area contributed by atoms with Gasteiger partial charge in [0.2, 0.25) is 11.9 Å². The maximum absolute atomic E-state index is 14.7. The second-order valence-electron chi connectivity index (χ2n) is 9.18. The van der Waals surface area contributed by atoms with Crippen molar-refractivity contribution < 1.29 is 9.18 Å². The Labute approximate surface area is 207 Å². The summed E-state index contributed by atoms with van der Waals surface area (Å²) in [4.78, 5) is 45.2. The predicted octanol–water partition coefficient (Wildman–Crippen LogP) is 2.41. The van der Waals surface area contributed by atoms with E-state index in [1.165, 1.54) is 23.7 Å². The minimum Gasteiger partial charge on any atom is -0.353 e. The molecule has 2 aromatic heterocycles. The quantitative estimate of drug-likeness (QED) is 0.556. The largest absolute Gasteiger partial charge is 0.353 e. The molecule has 0 aliphatic carbocycles. The van der Waals surface area contributed by atoms with Crippen molar-refractivity contribution in [1.29, 1.82) is 0 Å². The first kappa shape index (κ1) is 25.0. The number of hydrogen-bond acceptors (Lipinski definition) is 5. The number of carbonyl (C=O) groups excluding carboxylic acids is 1. The number of benzene rings is 1. The van der Waals surface area contributed by atoms with Crippen LogP contribution < -0.4 is 21.5 Å². The van der Waals surface area contributed by atoms with Gasteiger partial charge in [-0.25, -0.2) is 9.18 Å². The van der Waals surface area contributed by atoms with Gasteiger partial charge in [-0.15, -0.1) is 0 Å². The van der Waals surface area contributed by atoms with E-state index in [9.17, 15) is 18.8 Å². The van der Waals surface area contributed by atoms with Crippen LogP contribution in [0.5, 0.6) is 0 Å². The Morgan fingerprint density at radius 1 is 1.29 bits per heavy atom. The number of anilines is 1. The lowest BCUT2D eigenvalue weighted by atomic mass is 9.97. The molecule has 1 aliphatic heterocycles. The summed E-state index contributed by atoms with van der Waals surface area (Å²) in [5, 5.41) is 3.27. The average molecular weight is 505 g/mol. The molecule has 3 heterocycles. The fourth-order valence-corrected chi connectivity index (χ4v) is 4.73. The Hall–Kier alpha value is -3.14. The molecule has 1 saturated heterocycles. The van der Waals surface area contributed by atoms with E-state index in [1.54, 1.807) is 17.7 Å². The third-order valence-electron chi connectivity index (χ3n) is 6.78. The lowest BCUT2D eigenvalue weighted by molar-refractivity contribution is -0.125. The summed E-state index contributed by atoms with van der Waals surface area (Å²) >= 11 is 6.31. The molecule has 1 amide bonds. The number of carbonyl (C=O) groups is 1. The van der Waals surface area contributed by atoms with Crippen molar-refractivity contribution in [3.05, 3.63) is 55.4 Å². The number of piperidine rings is 1. The maximum atomic E-state index is 14.7. The van der Waals surface area contributed by atoms with Crippen LogP contribution in [-0.4, -0.2) is 43.7 Å². The number of amides is 1. The Morgan fingerprint density at radius 2 is 2.03 bits per heavy atom. The van der Waals surface area contributed by atoms with E-state index in [2.05, 4.69) is 10.3 Å². The summed E-state index contributed by atoms with van der Waals surface area (Å²) in [5.41, 5.74) is -0.444. The normalized spacial score (nSPS) is 17.1. The van der Waals surface area contributed by atoms with Crippen LogP contribution >= 0.6 is 11.6 Å². The molecule has 1 aliphatic rings. The van der Waals surface area contributed by atoms with E-state index in [0.29, 0.717) is 19.0 Å². The highest BCUT2D eigenvalue weighted by Crippen LogP contribution is 2.29. The zero-order chi connectivity index (χ0) is 25.4. The van der Waals surface area contributed by atoms with Crippen molar-refractivity contribution in [3.8, 4) is 0 Å². The van der Waals surface area contributed by atoms with Crippen LogP contribution in [0.25, 0.3) is 11.2 Å². The summed E-state index contributed by atoms with van der Waals surface area (Å²) in [7, 11) is 2.94. The second-order valence-corrected chi connectivity index (χ2v) is 9.59. The summed E-state index contributed by atoms with van der Waals surface area (Å²) < 4.78 is 18.7. The fourth-order valence-electron chi connectivity index (χ4n) is 4.50. The number of fused-ring (bicyclic) bond motifs is 1. The highest BCUT2D eigenvalue weighted by molar-refractivity contribution is 6.31. The van der Waals surface area contributed by atoms with Gasteiger partial charge in [0, 0.05) is 43.8 Å². The highest BCUT2D eigenvalue weighted by Gasteiger charge is 2.31. The second kappa shape index (κ2) is 9.85. The van der Waals surface area contributed by atoms with E-state index < -0.39 is 17.1 Å². The molecule has 11 heteroatoms. The number of hydrogen-bond donors (Lipinski definition) is 1. The smallest absolute Gasteiger partial charge is 0.332 e. The van der Waals surface area contributed by atoms with Crippen LogP contribution in [0.15, 0.2) is 27.8 Å². The number of aryl methyl sites for hydroxylation is 1. The van der Waals surface area contributed by atoms with Gasteiger partial charge >= 0.3 is 5.69 Å². The lowest BCUT2D eigenvalue weighted by Crippen LogP contribution is -2.46. The number of aromatic nitrogens is 4. The monoisotopic (exact) mass is 504 g/mol. The number of halogens is 2. The van der Waals surface area contributed by atoms with Crippen LogP contribution in [0.3, 0.4) is 0 Å². The van der Waals surface area contributed by atoms with Gasteiger partial charge in [0.25, 0.3) is 5.56 Å². The van der Waals surface area contributed by atoms with E-state index in [4.69, 9.17) is 11.6 Å². The first-order chi connectivity index (χ1) is 16.6. The predicted molar refractivity (Wildman–Crippen MR) is 134 cm³/mol. The summed E-state index contributed by atoms with van der Waals surface area (Å²) in [6.07, 6.45) is 2.32. The third kappa shape index (κ3) is 4.59. The van der Waals surface area contributed by atoms with Gasteiger partial charge < -0.3 is 10.2 Å². The first-order valence-electron chi connectivity index (χ1n) is 11.8. The minimum absolute atomic E-state index is 0.0211. The minimum atomic E-state index is -0.530. The topological polar surface area (TPSA) is 94.2 Å². The van der Waals surface area contributed by atoms with E-state index >= 15 is 0 Å². The van der Waals surface area contributed by atoms with Crippen LogP contribution in [0, 0.1) is 11.7 Å². The molecule has 2 atom stereocenters. The molecular weight excluding hydrogens is 475 g/mol.